The monoisotopic (exact) mass is 247 g/mol. The summed E-state index contributed by atoms with van der Waals surface area (Å²) < 4.78 is 9.93. The van der Waals surface area contributed by atoms with Crippen LogP contribution in [0.5, 0.6) is 0 Å². The molecule has 0 aromatic carbocycles. The number of anilines is 1. The van der Waals surface area contributed by atoms with Gasteiger partial charge < -0.3 is 14.5 Å². The Bertz CT molecular complexity index is 534. The molecule has 2 heterocycles. The predicted octanol–water partition coefficient (Wildman–Crippen LogP) is 1.78. The number of ether oxygens (including phenoxy) is 1. The van der Waals surface area contributed by atoms with Gasteiger partial charge in [0.25, 0.3) is 0 Å². The van der Waals surface area contributed by atoms with Gasteiger partial charge in [0.2, 0.25) is 0 Å². The molecule has 0 amide bonds. The third kappa shape index (κ3) is 2.85. The van der Waals surface area contributed by atoms with E-state index < -0.39 is 5.97 Å². The second kappa shape index (κ2) is 5.31. The van der Waals surface area contributed by atoms with Crippen LogP contribution in [0.4, 0.5) is 5.82 Å². The molecule has 0 fully saturated rings. The van der Waals surface area contributed by atoms with Gasteiger partial charge in [-0.2, -0.15) is 0 Å². The third-order valence-electron chi connectivity index (χ3n) is 2.29. The fraction of sp³-hybridized carbons (Fsp3) is 0.250. The molecule has 0 atom stereocenters. The molecule has 0 radical (unpaired) electrons. The van der Waals surface area contributed by atoms with E-state index >= 15 is 0 Å². The maximum absolute atomic E-state index is 11.1. The van der Waals surface area contributed by atoms with Crippen molar-refractivity contribution in [3.63, 3.8) is 0 Å². The number of nitrogens with one attached hydrogen (secondary N) is 1. The molecular formula is C12H13N3O3. The summed E-state index contributed by atoms with van der Waals surface area (Å²) in [7, 11) is 1.30. The first kappa shape index (κ1) is 12.1. The van der Waals surface area contributed by atoms with E-state index in [1.807, 2.05) is 19.1 Å². The molecule has 2 aromatic heterocycles. The van der Waals surface area contributed by atoms with Gasteiger partial charge in [-0.3, -0.25) is 0 Å². The number of aromatic nitrogens is 2. The summed E-state index contributed by atoms with van der Waals surface area (Å²) in [5.41, 5.74) is 0.178. The molecule has 94 valence electrons. The van der Waals surface area contributed by atoms with E-state index in [0.717, 1.165) is 11.5 Å². The van der Waals surface area contributed by atoms with Crippen LogP contribution >= 0.6 is 0 Å². The lowest BCUT2D eigenvalue weighted by Gasteiger charge is -2.03. The summed E-state index contributed by atoms with van der Waals surface area (Å²) >= 11 is 0. The number of furan rings is 1. The minimum atomic E-state index is -0.504. The lowest BCUT2D eigenvalue weighted by molar-refractivity contribution is 0.0593. The van der Waals surface area contributed by atoms with Crippen LogP contribution in [0.15, 0.2) is 28.9 Å². The Kier molecular flexibility index (Phi) is 3.57. The van der Waals surface area contributed by atoms with E-state index in [9.17, 15) is 4.79 Å². The molecular weight excluding hydrogens is 234 g/mol. The molecule has 0 saturated heterocycles. The summed E-state index contributed by atoms with van der Waals surface area (Å²) in [5.74, 6) is 1.73. The number of aryl methyl sites for hydroxylation is 1. The van der Waals surface area contributed by atoms with Crippen molar-refractivity contribution in [1.82, 2.24) is 9.97 Å². The van der Waals surface area contributed by atoms with Gasteiger partial charge in [-0.15, -0.1) is 0 Å². The van der Waals surface area contributed by atoms with E-state index in [-0.39, 0.29) is 5.69 Å². The number of hydrogen-bond acceptors (Lipinski definition) is 6. The third-order valence-corrected chi connectivity index (χ3v) is 2.29. The number of hydrogen-bond donors (Lipinski definition) is 1. The Morgan fingerprint density at radius 2 is 2.22 bits per heavy atom. The summed E-state index contributed by atoms with van der Waals surface area (Å²) in [6, 6.07) is 3.78. The highest BCUT2D eigenvalue weighted by molar-refractivity contribution is 5.86. The highest BCUT2D eigenvalue weighted by Crippen LogP contribution is 2.09. The average Bonchev–Trinajstić information content (AvgIpc) is 2.82. The number of carbonyl (C=O) groups is 1. The van der Waals surface area contributed by atoms with Crippen LogP contribution in [0.25, 0.3) is 0 Å². The zero-order chi connectivity index (χ0) is 13.0. The maximum atomic E-state index is 11.1. The number of methoxy groups -OCH3 is 1. The van der Waals surface area contributed by atoms with E-state index in [2.05, 4.69) is 20.0 Å². The molecule has 0 saturated carbocycles. The van der Waals surface area contributed by atoms with Crippen molar-refractivity contribution in [2.45, 2.75) is 13.5 Å². The first-order valence-electron chi connectivity index (χ1n) is 5.38. The Labute approximate surface area is 104 Å². The molecule has 6 nitrogen and oxygen atoms in total. The van der Waals surface area contributed by atoms with E-state index in [1.165, 1.54) is 19.5 Å². The number of carbonyl (C=O) groups excluding carboxylic acids is 1. The highest BCUT2D eigenvalue weighted by Gasteiger charge is 2.07. The van der Waals surface area contributed by atoms with Crippen LogP contribution in [0, 0.1) is 6.92 Å². The summed E-state index contributed by atoms with van der Waals surface area (Å²) in [6.45, 7) is 2.40. The largest absolute Gasteiger partial charge is 0.465 e. The number of nitrogens with zero attached hydrogens (tertiary/aromatic N) is 2. The lowest BCUT2D eigenvalue weighted by Crippen LogP contribution is -2.07. The fourth-order valence-electron chi connectivity index (χ4n) is 1.39. The number of esters is 1. The summed E-state index contributed by atoms with van der Waals surface area (Å²) in [4.78, 5) is 19.1. The smallest absolute Gasteiger partial charge is 0.358 e. The SMILES string of the molecule is COC(=O)c1cnc(NCc2ccc(C)o2)cn1. The Morgan fingerprint density at radius 1 is 1.39 bits per heavy atom. The highest BCUT2D eigenvalue weighted by atomic mass is 16.5. The van der Waals surface area contributed by atoms with Crippen molar-refractivity contribution in [3.8, 4) is 0 Å². The van der Waals surface area contributed by atoms with Crippen molar-refractivity contribution < 1.29 is 13.9 Å². The quantitative estimate of drug-likeness (QED) is 0.830. The fourth-order valence-corrected chi connectivity index (χ4v) is 1.39. The van der Waals surface area contributed by atoms with Crippen LogP contribution in [0.1, 0.15) is 22.0 Å². The molecule has 18 heavy (non-hydrogen) atoms. The minimum absolute atomic E-state index is 0.178. The van der Waals surface area contributed by atoms with E-state index in [0.29, 0.717) is 12.4 Å². The molecule has 2 aromatic rings. The second-order valence-electron chi connectivity index (χ2n) is 3.64. The van der Waals surface area contributed by atoms with Gasteiger partial charge in [-0.05, 0) is 19.1 Å². The molecule has 0 bridgehead atoms. The van der Waals surface area contributed by atoms with Crippen LogP contribution in [-0.4, -0.2) is 23.0 Å². The topological polar surface area (TPSA) is 77.2 Å². The van der Waals surface area contributed by atoms with Gasteiger partial charge in [0.15, 0.2) is 5.69 Å². The molecule has 0 aliphatic rings. The molecule has 2 rings (SSSR count). The molecule has 6 heteroatoms. The maximum Gasteiger partial charge on any atom is 0.358 e. The predicted molar refractivity (Wildman–Crippen MR) is 64.1 cm³/mol. The number of rotatable bonds is 4. The van der Waals surface area contributed by atoms with Crippen molar-refractivity contribution in [3.05, 3.63) is 41.7 Å². The van der Waals surface area contributed by atoms with Crippen LogP contribution in [-0.2, 0) is 11.3 Å². The van der Waals surface area contributed by atoms with Gasteiger partial charge in [-0.25, -0.2) is 14.8 Å². The Morgan fingerprint density at radius 3 is 2.78 bits per heavy atom. The zero-order valence-corrected chi connectivity index (χ0v) is 10.1. The minimum Gasteiger partial charge on any atom is -0.465 e. The Balaban J connectivity index is 1.96. The second-order valence-corrected chi connectivity index (χ2v) is 3.64. The van der Waals surface area contributed by atoms with Gasteiger partial charge in [-0.1, -0.05) is 0 Å². The first-order valence-corrected chi connectivity index (χ1v) is 5.38. The van der Waals surface area contributed by atoms with Gasteiger partial charge in [0, 0.05) is 0 Å². The molecule has 1 N–H and O–H groups in total. The molecule has 0 aliphatic heterocycles. The van der Waals surface area contributed by atoms with Crippen molar-refractivity contribution in [1.29, 1.82) is 0 Å². The molecule has 0 aliphatic carbocycles. The summed E-state index contributed by atoms with van der Waals surface area (Å²) in [6.07, 6.45) is 2.84. The molecule has 0 unspecified atom stereocenters. The zero-order valence-electron chi connectivity index (χ0n) is 10.1. The van der Waals surface area contributed by atoms with Gasteiger partial charge >= 0.3 is 5.97 Å². The van der Waals surface area contributed by atoms with Crippen LogP contribution < -0.4 is 5.32 Å². The normalized spacial score (nSPS) is 10.1. The standard InChI is InChI=1S/C12H13N3O3/c1-8-3-4-9(18-8)5-14-11-7-13-10(6-15-11)12(16)17-2/h3-4,6-7H,5H2,1-2H3,(H,14,15). The van der Waals surface area contributed by atoms with Crippen molar-refractivity contribution >= 4 is 11.8 Å². The van der Waals surface area contributed by atoms with Crippen LogP contribution in [0.3, 0.4) is 0 Å². The van der Waals surface area contributed by atoms with E-state index in [1.54, 1.807) is 0 Å². The first-order chi connectivity index (χ1) is 8.69. The van der Waals surface area contributed by atoms with E-state index in [4.69, 9.17) is 4.42 Å². The average molecular weight is 247 g/mol. The molecule has 0 spiro atoms. The van der Waals surface area contributed by atoms with Crippen LogP contribution in [0.2, 0.25) is 0 Å². The summed E-state index contributed by atoms with van der Waals surface area (Å²) in [5, 5.41) is 3.04. The van der Waals surface area contributed by atoms with Gasteiger partial charge in [0.1, 0.15) is 17.3 Å². The van der Waals surface area contributed by atoms with Gasteiger partial charge in [0.05, 0.1) is 26.0 Å². The van der Waals surface area contributed by atoms with Crippen molar-refractivity contribution in [2.24, 2.45) is 0 Å². The van der Waals surface area contributed by atoms with Crippen molar-refractivity contribution in [2.75, 3.05) is 12.4 Å². The Hall–Kier alpha value is -2.37. The lowest BCUT2D eigenvalue weighted by atomic mass is 10.4.